The summed E-state index contributed by atoms with van der Waals surface area (Å²) in [5.74, 6) is 0.686. The number of benzene rings is 1. The Labute approximate surface area is 86.7 Å². The van der Waals surface area contributed by atoms with Gasteiger partial charge in [-0.1, -0.05) is 5.16 Å². The van der Waals surface area contributed by atoms with Crippen molar-refractivity contribution in [2.24, 2.45) is 10.3 Å². The Kier molecular flexibility index (Phi) is 4.08. The maximum atomic E-state index is 11.2. The summed E-state index contributed by atoms with van der Waals surface area (Å²) in [5.41, 5.74) is 0.332. The largest absolute Gasteiger partial charge is 0.594 e. The summed E-state index contributed by atoms with van der Waals surface area (Å²) in [4.78, 5) is 0.343. The van der Waals surface area contributed by atoms with Crippen LogP contribution >= 0.6 is 0 Å². The van der Waals surface area contributed by atoms with Gasteiger partial charge in [-0.25, -0.2) is 0 Å². The van der Waals surface area contributed by atoms with Crippen LogP contribution in [0.25, 0.3) is 0 Å². The van der Waals surface area contributed by atoms with Crippen LogP contribution in [0.5, 0.6) is 5.75 Å². The molecule has 0 aliphatic carbocycles. The molecule has 0 aliphatic rings. The van der Waals surface area contributed by atoms with Crippen LogP contribution in [-0.2, 0) is 0 Å². The average molecular weight is 209 g/mol. The van der Waals surface area contributed by atoms with E-state index in [1.165, 1.54) is 0 Å². The van der Waals surface area contributed by atoms with Gasteiger partial charge in [0.05, 0.1) is 6.61 Å². The predicted octanol–water partition coefficient (Wildman–Crippen LogP) is 2.10. The number of ether oxygens (including phenoxy) is 1. The standard InChI is InChI=1S/C9H11N3O3/c1-2-15-9-5-3-8(4-6-9)12(14)10-7-11-13/h3-7,13H,2H2,1H3/b11-7+,12-10?. The van der Waals surface area contributed by atoms with Gasteiger partial charge in [0.1, 0.15) is 5.75 Å². The highest BCUT2D eigenvalue weighted by Gasteiger charge is 2.02. The molecule has 1 rings (SSSR count). The fraction of sp³-hybridized carbons (Fsp3) is 0.222. The first-order chi connectivity index (χ1) is 7.27. The Morgan fingerprint density at radius 2 is 2.13 bits per heavy atom. The summed E-state index contributed by atoms with van der Waals surface area (Å²) < 4.78 is 5.20. The lowest BCUT2D eigenvalue weighted by Gasteiger charge is -2.02. The molecule has 0 spiro atoms. The first kappa shape index (κ1) is 11.0. The minimum atomic E-state index is 0.332. The van der Waals surface area contributed by atoms with Crippen LogP contribution in [0.3, 0.4) is 0 Å². The molecule has 0 saturated heterocycles. The summed E-state index contributed by atoms with van der Waals surface area (Å²) in [7, 11) is 0. The summed E-state index contributed by atoms with van der Waals surface area (Å²) in [5, 5.41) is 25.1. The summed E-state index contributed by atoms with van der Waals surface area (Å²) in [6.07, 6.45) is 0.753. The van der Waals surface area contributed by atoms with Crippen LogP contribution in [0, 0.1) is 5.21 Å². The highest BCUT2D eigenvalue weighted by molar-refractivity contribution is 5.52. The molecule has 1 aromatic carbocycles. The van der Waals surface area contributed by atoms with Crippen LogP contribution in [0.15, 0.2) is 34.5 Å². The molecule has 0 fully saturated rings. The van der Waals surface area contributed by atoms with Crippen molar-refractivity contribution < 1.29 is 14.8 Å². The van der Waals surface area contributed by atoms with Crippen LogP contribution in [0.2, 0.25) is 0 Å². The molecule has 0 atom stereocenters. The molecule has 0 heterocycles. The molecular formula is C9H11N3O3. The van der Waals surface area contributed by atoms with E-state index in [4.69, 9.17) is 9.94 Å². The second kappa shape index (κ2) is 5.58. The fourth-order valence-electron chi connectivity index (χ4n) is 0.973. The van der Waals surface area contributed by atoms with E-state index in [2.05, 4.69) is 10.3 Å². The number of rotatable bonds is 4. The lowest BCUT2D eigenvalue weighted by Crippen LogP contribution is -1.93. The van der Waals surface area contributed by atoms with Crippen molar-refractivity contribution in [1.82, 2.24) is 0 Å². The number of oxime groups is 1. The zero-order valence-electron chi connectivity index (χ0n) is 8.20. The van der Waals surface area contributed by atoms with E-state index in [0.29, 0.717) is 22.9 Å². The maximum absolute atomic E-state index is 11.2. The van der Waals surface area contributed by atoms with Crippen molar-refractivity contribution in [3.05, 3.63) is 29.5 Å². The van der Waals surface area contributed by atoms with E-state index in [0.717, 1.165) is 6.34 Å². The van der Waals surface area contributed by atoms with Crippen molar-refractivity contribution in [2.45, 2.75) is 6.92 Å². The Hall–Kier alpha value is -2.11. The van der Waals surface area contributed by atoms with Crippen molar-refractivity contribution in [2.75, 3.05) is 6.61 Å². The quantitative estimate of drug-likeness (QED) is 0.206. The number of nitrogens with zero attached hydrogens (tertiary/aromatic N) is 3. The molecule has 0 unspecified atom stereocenters. The van der Waals surface area contributed by atoms with Gasteiger partial charge in [-0.05, 0) is 23.9 Å². The van der Waals surface area contributed by atoms with Crippen LogP contribution in [-0.4, -0.2) is 23.0 Å². The average Bonchev–Trinajstić information content (AvgIpc) is 2.27. The topological polar surface area (TPSA) is 80.2 Å². The van der Waals surface area contributed by atoms with E-state index >= 15 is 0 Å². The monoisotopic (exact) mass is 209 g/mol. The van der Waals surface area contributed by atoms with Crippen LogP contribution < -0.4 is 4.74 Å². The van der Waals surface area contributed by atoms with Crippen molar-refractivity contribution in [3.63, 3.8) is 0 Å². The van der Waals surface area contributed by atoms with E-state index in [-0.39, 0.29) is 0 Å². The summed E-state index contributed by atoms with van der Waals surface area (Å²) in [6, 6.07) is 6.45. The molecular weight excluding hydrogens is 198 g/mol. The molecule has 1 N–H and O–H groups in total. The second-order valence-electron chi connectivity index (χ2n) is 2.55. The Balaban J connectivity index is 2.79. The van der Waals surface area contributed by atoms with Gasteiger partial charge in [0.25, 0.3) is 0 Å². The van der Waals surface area contributed by atoms with Crippen LogP contribution in [0.1, 0.15) is 6.92 Å². The minimum Gasteiger partial charge on any atom is -0.594 e. The van der Waals surface area contributed by atoms with Gasteiger partial charge in [0.2, 0.25) is 12.0 Å². The Morgan fingerprint density at radius 3 is 2.67 bits per heavy atom. The fourth-order valence-corrected chi connectivity index (χ4v) is 0.973. The third kappa shape index (κ3) is 3.26. The highest BCUT2D eigenvalue weighted by atomic mass is 16.5. The van der Waals surface area contributed by atoms with E-state index in [1.54, 1.807) is 24.3 Å². The van der Waals surface area contributed by atoms with Gasteiger partial charge in [0, 0.05) is 17.2 Å². The minimum absolute atomic E-state index is 0.332. The predicted molar refractivity (Wildman–Crippen MR) is 53.6 cm³/mol. The van der Waals surface area contributed by atoms with E-state index in [9.17, 15) is 5.21 Å². The molecule has 6 nitrogen and oxygen atoms in total. The van der Waals surface area contributed by atoms with Gasteiger partial charge in [-0.3, -0.25) is 0 Å². The van der Waals surface area contributed by atoms with E-state index < -0.39 is 0 Å². The molecule has 0 aromatic heterocycles. The van der Waals surface area contributed by atoms with Crippen molar-refractivity contribution in [3.8, 4) is 5.75 Å². The van der Waals surface area contributed by atoms with Gasteiger partial charge >= 0.3 is 0 Å². The third-order valence-corrected chi connectivity index (χ3v) is 1.58. The molecule has 0 saturated carbocycles. The van der Waals surface area contributed by atoms with E-state index in [1.807, 2.05) is 6.92 Å². The lowest BCUT2D eigenvalue weighted by atomic mass is 10.3. The third-order valence-electron chi connectivity index (χ3n) is 1.58. The zero-order chi connectivity index (χ0) is 11.1. The van der Waals surface area contributed by atoms with Crippen molar-refractivity contribution >= 4 is 12.0 Å². The molecule has 6 heteroatoms. The molecule has 0 amide bonds. The number of hydrogen-bond donors (Lipinski definition) is 1. The molecule has 0 radical (unpaired) electrons. The maximum Gasteiger partial charge on any atom is 0.245 e. The van der Waals surface area contributed by atoms with Crippen LogP contribution in [0.4, 0.5) is 5.69 Å². The van der Waals surface area contributed by atoms with Gasteiger partial charge in [0.15, 0.2) is 0 Å². The number of hydrogen-bond acceptors (Lipinski definition) is 4. The molecule has 1 aromatic rings. The number of azo groups is 1. The summed E-state index contributed by atoms with van der Waals surface area (Å²) >= 11 is 0. The zero-order valence-corrected chi connectivity index (χ0v) is 8.20. The van der Waals surface area contributed by atoms with Gasteiger partial charge in [-0.2, -0.15) is 0 Å². The molecule has 0 bridgehead atoms. The van der Waals surface area contributed by atoms with Gasteiger partial charge < -0.3 is 15.2 Å². The first-order valence-corrected chi connectivity index (χ1v) is 4.34. The first-order valence-electron chi connectivity index (χ1n) is 4.34. The second-order valence-corrected chi connectivity index (χ2v) is 2.55. The molecule has 15 heavy (non-hydrogen) atoms. The Morgan fingerprint density at radius 1 is 1.47 bits per heavy atom. The summed E-state index contributed by atoms with van der Waals surface area (Å²) in [6.45, 7) is 2.45. The van der Waals surface area contributed by atoms with Gasteiger partial charge in [-0.15, -0.1) is 0 Å². The normalized spacial score (nSPS) is 11.9. The lowest BCUT2D eigenvalue weighted by molar-refractivity contribution is -0.432. The highest BCUT2D eigenvalue weighted by Crippen LogP contribution is 2.17. The van der Waals surface area contributed by atoms with Crippen molar-refractivity contribution in [1.29, 1.82) is 0 Å². The smallest absolute Gasteiger partial charge is 0.245 e. The molecule has 80 valence electrons. The Bertz CT molecular complexity index is 359. The molecule has 0 aliphatic heterocycles. The SMILES string of the molecule is CCOc1ccc([N+]([O-])=N/C=N/O)cc1.